The lowest BCUT2D eigenvalue weighted by atomic mass is 9.98. The summed E-state index contributed by atoms with van der Waals surface area (Å²) in [6.07, 6.45) is -1.27. The van der Waals surface area contributed by atoms with Crippen LogP contribution in [0.3, 0.4) is 0 Å². The standard InChI is InChI=1S/C12H15FN4O4/c13-3-12(4-18)8(20)7(19)11(21-12)17-2-1-6-9(14)15-5-16-10(6)17/h1-2,5,7-8,11,18-20H,3-4H2,(H2,14,15,16)/t7-,8+,11-,12-/m1/s1. The first-order chi connectivity index (χ1) is 10.0. The summed E-state index contributed by atoms with van der Waals surface area (Å²) in [7, 11) is 0. The number of aliphatic hydroxyl groups is 3. The highest BCUT2D eigenvalue weighted by Crippen LogP contribution is 2.39. The Morgan fingerprint density at radius 2 is 2.19 bits per heavy atom. The lowest BCUT2D eigenvalue weighted by Gasteiger charge is -2.26. The van der Waals surface area contributed by atoms with Gasteiger partial charge in [0.05, 0.1) is 12.0 Å². The van der Waals surface area contributed by atoms with Crippen LogP contribution in [0.5, 0.6) is 0 Å². The van der Waals surface area contributed by atoms with Crippen molar-refractivity contribution in [2.24, 2.45) is 0 Å². The molecule has 9 heteroatoms. The Morgan fingerprint density at radius 1 is 1.43 bits per heavy atom. The maximum atomic E-state index is 13.2. The predicted molar refractivity (Wildman–Crippen MR) is 69.9 cm³/mol. The molecule has 1 aliphatic rings. The quantitative estimate of drug-likeness (QED) is 0.570. The van der Waals surface area contributed by atoms with E-state index in [2.05, 4.69) is 9.97 Å². The Kier molecular flexibility index (Phi) is 3.29. The topological polar surface area (TPSA) is 127 Å². The van der Waals surface area contributed by atoms with Crippen molar-refractivity contribution < 1.29 is 24.4 Å². The van der Waals surface area contributed by atoms with E-state index in [4.69, 9.17) is 10.5 Å². The summed E-state index contributed by atoms with van der Waals surface area (Å²) in [4.78, 5) is 7.89. The minimum absolute atomic E-state index is 0.255. The van der Waals surface area contributed by atoms with Gasteiger partial charge in [0.25, 0.3) is 0 Å². The van der Waals surface area contributed by atoms with Crippen molar-refractivity contribution in [2.75, 3.05) is 19.0 Å². The molecule has 3 heterocycles. The van der Waals surface area contributed by atoms with Gasteiger partial charge >= 0.3 is 0 Å². The van der Waals surface area contributed by atoms with E-state index in [9.17, 15) is 19.7 Å². The van der Waals surface area contributed by atoms with E-state index in [-0.39, 0.29) is 5.82 Å². The van der Waals surface area contributed by atoms with E-state index in [1.165, 1.54) is 10.9 Å². The van der Waals surface area contributed by atoms with Crippen LogP contribution in [0.25, 0.3) is 11.0 Å². The molecule has 0 spiro atoms. The maximum absolute atomic E-state index is 13.2. The van der Waals surface area contributed by atoms with Crippen LogP contribution in [0.4, 0.5) is 10.2 Å². The first kappa shape index (κ1) is 14.1. The number of alkyl halides is 1. The number of nitrogens with zero attached hydrogens (tertiary/aromatic N) is 3. The van der Waals surface area contributed by atoms with Crippen molar-refractivity contribution in [3.05, 3.63) is 18.6 Å². The smallest absolute Gasteiger partial charge is 0.165 e. The zero-order valence-corrected chi connectivity index (χ0v) is 10.9. The zero-order valence-electron chi connectivity index (χ0n) is 10.9. The molecule has 0 unspecified atom stereocenters. The number of fused-ring (bicyclic) bond motifs is 1. The van der Waals surface area contributed by atoms with E-state index in [0.717, 1.165) is 0 Å². The highest BCUT2D eigenvalue weighted by molar-refractivity contribution is 5.86. The number of hydrogen-bond donors (Lipinski definition) is 4. The van der Waals surface area contributed by atoms with Crippen molar-refractivity contribution >= 4 is 16.9 Å². The number of hydrogen-bond acceptors (Lipinski definition) is 7. The van der Waals surface area contributed by atoms with Gasteiger partial charge in [-0.25, -0.2) is 14.4 Å². The van der Waals surface area contributed by atoms with E-state index in [1.54, 1.807) is 12.3 Å². The number of rotatable bonds is 3. The summed E-state index contributed by atoms with van der Waals surface area (Å²) in [5.41, 5.74) is 4.25. The molecule has 2 aromatic rings. The lowest BCUT2D eigenvalue weighted by Crippen LogP contribution is -2.48. The molecule has 2 aromatic heterocycles. The van der Waals surface area contributed by atoms with Crippen LogP contribution >= 0.6 is 0 Å². The second-order valence-corrected chi connectivity index (χ2v) is 5.02. The number of aromatic nitrogens is 3. The molecule has 4 atom stereocenters. The van der Waals surface area contributed by atoms with E-state index in [0.29, 0.717) is 11.0 Å². The molecular formula is C12H15FN4O4. The number of ether oxygens (including phenoxy) is 1. The van der Waals surface area contributed by atoms with Crippen molar-refractivity contribution in [3.63, 3.8) is 0 Å². The molecule has 8 nitrogen and oxygen atoms in total. The van der Waals surface area contributed by atoms with Gasteiger partial charge in [0, 0.05) is 6.20 Å². The lowest BCUT2D eigenvalue weighted by molar-refractivity contribution is -0.136. The van der Waals surface area contributed by atoms with Gasteiger partial charge in [0.2, 0.25) is 0 Å². The number of nitrogens with two attached hydrogens (primary N) is 1. The normalized spacial score (nSPS) is 32.9. The number of nitrogen functional groups attached to an aromatic ring is 1. The molecule has 5 N–H and O–H groups in total. The third kappa shape index (κ3) is 1.89. The van der Waals surface area contributed by atoms with Crippen molar-refractivity contribution in [1.82, 2.24) is 14.5 Å². The Balaban J connectivity index is 2.06. The van der Waals surface area contributed by atoms with Gasteiger partial charge in [0.1, 0.15) is 36.7 Å². The summed E-state index contributed by atoms with van der Waals surface area (Å²) >= 11 is 0. The number of halogens is 1. The fourth-order valence-corrected chi connectivity index (χ4v) is 2.55. The molecule has 1 fully saturated rings. The van der Waals surface area contributed by atoms with E-state index < -0.39 is 37.3 Å². The molecule has 114 valence electrons. The molecule has 3 rings (SSSR count). The Labute approximate surface area is 118 Å². The van der Waals surface area contributed by atoms with Gasteiger partial charge in [-0.2, -0.15) is 0 Å². The SMILES string of the molecule is Nc1ncnc2c1ccn2[C@@H]1O[C@@](CO)(CF)[C@@H](O)[C@H]1O. The van der Waals surface area contributed by atoms with Crippen molar-refractivity contribution in [3.8, 4) is 0 Å². The monoisotopic (exact) mass is 298 g/mol. The van der Waals surface area contributed by atoms with Crippen LogP contribution in [-0.2, 0) is 4.74 Å². The molecule has 0 aliphatic carbocycles. The molecule has 0 saturated carbocycles. The molecule has 1 saturated heterocycles. The largest absolute Gasteiger partial charge is 0.393 e. The molecule has 21 heavy (non-hydrogen) atoms. The average molecular weight is 298 g/mol. The fourth-order valence-electron chi connectivity index (χ4n) is 2.55. The molecule has 0 radical (unpaired) electrons. The van der Waals surface area contributed by atoms with Gasteiger partial charge in [-0.3, -0.25) is 0 Å². The first-order valence-electron chi connectivity index (χ1n) is 6.32. The highest BCUT2D eigenvalue weighted by atomic mass is 19.1. The number of aliphatic hydroxyl groups excluding tert-OH is 3. The van der Waals surface area contributed by atoms with E-state index in [1.807, 2.05) is 0 Å². The average Bonchev–Trinajstić information content (AvgIpc) is 3.02. The van der Waals surface area contributed by atoms with Gasteiger partial charge in [-0.1, -0.05) is 0 Å². The third-order valence-electron chi connectivity index (χ3n) is 3.82. The molecule has 0 amide bonds. The van der Waals surface area contributed by atoms with Crippen molar-refractivity contribution in [2.45, 2.75) is 24.0 Å². The molecule has 0 aromatic carbocycles. The first-order valence-corrected chi connectivity index (χ1v) is 6.32. The van der Waals surface area contributed by atoms with Crippen molar-refractivity contribution in [1.29, 1.82) is 0 Å². The Morgan fingerprint density at radius 3 is 2.81 bits per heavy atom. The highest BCUT2D eigenvalue weighted by Gasteiger charge is 2.55. The van der Waals surface area contributed by atoms with Crippen LogP contribution in [0.2, 0.25) is 0 Å². The molecular weight excluding hydrogens is 283 g/mol. The van der Waals surface area contributed by atoms with E-state index >= 15 is 0 Å². The van der Waals surface area contributed by atoms with Crippen LogP contribution in [0, 0.1) is 0 Å². The molecule has 0 bridgehead atoms. The molecule has 1 aliphatic heterocycles. The minimum Gasteiger partial charge on any atom is -0.393 e. The van der Waals surface area contributed by atoms with Gasteiger partial charge in [0.15, 0.2) is 11.8 Å². The van der Waals surface area contributed by atoms with Gasteiger partial charge in [-0.15, -0.1) is 0 Å². The second-order valence-electron chi connectivity index (χ2n) is 5.02. The van der Waals surface area contributed by atoms with Crippen LogP contribution < -0.4 is 5.73 Å². The van der Waals surface area contributed by atoms with Gasteiger partial charge < -0.3 is 30.4 Å². The fraction of sp³-hybridized carbons (Fsp3) is 0.500. The van der Waals surface area contributed by atoms with Crippen LogP contribution in [0.1, 0.15) is 6.23 Å². The summed E-state index contributed by atoms with van der Waals surface area (Å²) in [6, 6.07) is 1.63. The number of anilines is 1. The maximum Gasteiger partial charge on any atom is 0.165 e. The Hall–Kier alpha value is -1.81. The predicted octanol–water partition coefficient (Wildman–Crippen LogP) is -1.04. The summed E-state index contributed by atoms with van der Waals surface area (Å²) in [5.74, 6) is 0.255. The third-order valence-corrected chi connectivity index (χ3v) is 3.82. The summed E-state index contributed by atoms with van der Waals surface area (Å²) < 4.78 is 20.0. The summed E-state index contributed by atoms with van der Waals surface area (Å²) in [5, 5.41) is 29.9. The Bertz CT molecular complexity index is 660. The van der Waals surface area contributed by atoms with Gasteiger partial charge in [-0.05, 0) is 6.07 Å². The summed E-state index contributed by atoms with van der Waals surface area (Å²) in [6.45, 7) is -1.89. The minimum atomic E-state index is -1.85. The van der Waals surface area contributed by atoms with Crippen LogP contribution in [0.15, 0.2) is 18.6 Å². The zero-order chi connectivity index (χ0) is 15.2. The second kappa shape index (κ2) is 4.88. The van der Waals surface area contributed by atoms with Crippen LogP contribution in [-0.4, -0.2) is 60.9 Å².